The van der Waals surface area contributed by atoms with Crippen LogP contribution in [0.15, 0.2) is 54.9 Å². The highest BCUT2D eigenvalue weighted by Gasteiger charge is 2.26. The third-order valence-electron chi connectivity index (χ3n) is 5.76. The Bertz CT molecular complexity index is 1190. The first-order chi connectivity index (χ1) is 14.1. The number of aromatic amines is 1. The van der Waals surface area contributed by atoms with Crippen LogP contribution in [-0.2, 0) is 0 Å². The molecule has 0 aliphatic carbocycles. The van der Waals surface area contributed by atoms with Crippen molar-refractivity contribution >= 4 is 16.7 Å². The third-order valence-corrected chi connectivity index (χ3v) is 5.76. The maximum absolute atomic E-state index is 6.26. The van der Waals surface area contributed by atoms with E-state index in [-0.39, 0.29) is 6.04 Å². The first-order valence-corrected chi connectivity index (χ1v) is 10.1. The van der Waals surface area contributed by atoms with Crippen molar-refractivity contribution < 1.29 is 0 Å². The fraction of sp³-hybridized carbons (Fsp3) is 0.250. The van der Waals surface area contributed by atoms with E-state index in [1.54, 1.807) is 0 Å². The van der Waals surface area contributed by atoms with Gasteiger partial charge in [0, 0.05) is 37.1 Å². The van der Waals surface area contributed by atoms with Gasteiger partial charge in [0.25, 0.3) is 0 Å². The maximum Gasteiger partial charge on any atom is 0.142 e. The van der Waals surface area contributed by atoms with Crippen molar-refractivity contribution in [2.75, 3.05) is 18.0 Å². The summed E-state index contributed by atoms with van der Waals surface area (Å²) in [5.41, 5.74) is 15.2. The minimum atomic E-state index is 0.194. The smallest absolute Gasteiger partial charge is 0.142 e. The molecule has 3 heterocycles. The van der Waals surface area contributed by atoms with E-state index >= 15 is 0 Å². The molecule has 1 fully saturated rings. The average Bonchev–Trinajstić information content (AvgIpc) is 3.34. The van der Waals surface area contributed by atoms with E-state index in [0.29, 0.717) is 0 Å². The molecule has 2 aromatic heterocycles. The molecule has 0 amide bonds. The van der Waals surface area contributed by atoms with Crippen LogP contribution in [0.1, 0.15) is 17.5 Å². The fourth-order valence-corrected chi connectivity index (χ4v) is 4.29. The summed E-state index contributed by atoms with van der Waals surface area (Å²) in [5.74, 6) is 0.853. The van der Waals surface area contributed by atoms with Crippen LogP contribution in [0.25, 0.3) is 33.5 Å². The Morgan fingerprint density at radius 2 is 1.90 bits per heavy atom. The Hall–Kier alpha value is -3.18. The van der Waals surface area contributed by atoms with Gasteiger partial charge in [-0.3, -0.25) is 4.98 Å². The number of aryl methyl sites for hydroxylation is 2. The molecule has 5 rings (SSSR count). The van der Waals surface area contributed by atoms with Gasteiger partial charge < -0.3 is 15.6 Å². The largest absolute Gasteiger partial charge is 0.369 e. The molecule has 1 aliphatic heterocycles. The van der Waals surface area contributed by atoms with Crippen LogP contribution in [0.2, 0.25) is 0 Å². The van der Waals surface area contributed by atoms with Crippen molar-refractivity contribution in [3.8, 4) is 22.5 Å². The Kier molecular flexibility index (Phi) is 4.32. The molecule has 2 aromatic carbocycles. The predicted octanol–water partition coefficient (Wildman–Crippen LogP) is 4.45. The van der Waals surface area contributed by atoms with E-state index in [2.05, 4.69) is 71.2 Å². The van der Waals surface area contributed by atoms with Crippen molar-refractivity contribution in [2.45, 2.75) is 26.3 Å². The number of pyridine rings is 1. The summed E-state index contributed by atoms with van der Waals surface area (Å²) in [5, 5.41) is 0. The van der Waals surface area contributed by atoms with Gasteiger partial charge >= 0.3 is 0 Å². The van der Waals surface area contributed by atoms with Gasteiger partial charge in [-0.05, 0) is 37.5 Å². The lowest BCUT2D eigenvalue weighted by molar-refractivity contribution is 0.752. The molecule has 29 heavy (non-hydrogen) atoms. The van der Waals surface area contributed by atoms with E-state index in [9.17, 15) is 0 Å². The zero-order valence-corrected chi connectivity index (χ0v) is 16.8. The molecule has 0 bridgehead atoms. The number of imidazole rings is 1. The second kappa shape index (κ2) is 7.01. The number of rotatable bonds is 3. The first-order valence-electron chi connectivity index (χ1n) is 10.1. The molecule has 5 heteroatoms. The van der Waals surface area contributed by atoms with E-state index < -0.39 is 0 Å². The van der Waals surface area contributed by atoms with Crippen molar-refractivity contribution in [3.63, 3.8) is 0 Å². The number of nitrogens with two attached hydrogens (primary N) is 1. The maximum atomic E-state index is 6.26. The number of anilines is 1. The number of hydrogen-bond donors (Lipinski definition) is 2. The number of para-hydroxylation sites is 1. The summed E-state index contributed by atoms with van der Waals surface area (Å²) in [6.07, 6.45) is 4.88. The lowest BCUT2D eigenvalue weighted by Crippen LogP contribution is -2.27. The molecule has 3 N–H and O–H groups in total. The second-order valence-corrected chi connectivity index (χ2v) is 8.00. The van der Waals surface area contributed by atoms with Crippen LogP contribution in [0.5, 0.6) is 0 Å². The van der Waals surface area contributed by atoms with Gasteiger partial charge in [-0.15, -0.1) is 0 Å². The minimum absolute atomic E-state index is 0.194. The van der Waals surface area contributed by atoms with E-state index in [1.165, 1.54) is 11.1 Å². The summed E-state index contributed by atoms with van der Waals surface area (Å²) in [6.45, 7) is 5.99. The summed E-state index contributed by atoms with van der Waals surface area (Å²) in [7, 11) is 0. The number of benzene rings is 2. The van der Waals surface area contributed by atoms with Gasteiger partial charge in [0.2, 0.25) is 0 Å². The lowest BCUT2D eigenvalue weighted by Gasteiger charge is -2.24. The first kappa shape index (κ1) is 17.9. The molecule has 0 saturated carbocycles. The quantitative estimate of drug-likeness (QED) is 0.548. The van der Waals surface area contributed by atoms with Crippen LogP contribution in [0.4, 0.5) is 5.69 Å². The second-order valence-electron chi connectivity index (χ2n) is 8.00. The van der Waals surface area contributed by atoms with Crippen molar-refractivity contribution in [3.05, 3.63) is 66.0 Å². The molecular weight excluding hydrogens is 358 g/mol. The normalized spacial score (nSPS) is 16.7. The summed E-state index contributed by atoms with van der Waals surface area (Å²) in [4.78, 5) is 15.4. The fourth-order valence-electron chi connectivity index (χ4n) is 4.29. The molecule has 4 aromatic rings. The van der Waals surface area contributed by atoms with Gasteiger partial charge in [0.15, 0.2) is 0 Å². The lowest BCUT2D eigenvalue weighted by atomic mass is 10.00. The molecule has 0 radical (unpaired) electrons. The van der Waals surface area contributed by atoms with Crippen LogP contribution >= 0.6 is 0 Å². The monoisotopic (exact) mass is 383 g/mol. The van der Waals surface area contributed by atoms with Gasteiger partial charge in [0.05, 0.1) is 22.3 Å². The standard InChI is InChI=1S/C24H25N5/c1-15-5-3-7-17(11-15)19-12-26-13-20(23(19)29-10-9-18(25)14-29)24-27-21-8-4-6-16(2)22(21)28-24/h3-8,11-13,18H,9-10,14,25H2,1-2H3,(H,27,28)/t18-/m1/s1. The highest BCUT2D eigenvalue weighted by molar-refractivity contribution is 5.91. The molecule has 1 atom stereocenters. The molecule has 146 valence electrons. The van der Waals surface area contributed by atoms with Crippen LogP contribution in [0, 0.1) is 13.8 Å². The van der Waals surface area contributed by atoms with Gasteiger partial charge in [-0.2, -0.15) is 0 Å². The summed E-state index contributed by atoms with van der Waals surface area (Å²) in [6, 6.07) is 15.0. The van der Waals surface area contributed by atoms with Crippen molar-refractivity contribution in [1.29, 1.82) is 0 Å². The Labute approximate surface area is 170 Å². The average molecular weight is 383 g/mol. The summed E-state index contributed by atoms with van der Waals surface area (Å²) >= 11 is 0. The minimum Gasteiger partial charge on any atom is -0.369 e. The number of nitrogens with zero attached hydrogens (tertiary/aromatic N) is 3. The number of fused-ring (bicyclic) bond motifs is 1. The van der Waals surface area contributed by atoms with E-state index in [4.69, 9.17) is 10.7 Å². The zero-order valence-electron chi connectivity index (χ0n) is 16.8. The van der Waals surface area contributed by atoms with Crippen LogP contribution < -0.4 is 10.6 Å². The number of aromatic nitrogens is 3. The van der Waals surface area contributed by atoms with Crippen molar-refractivity contribution in [1.82, 2.24) is 15.0 Å². The highest BCUT2D eigenvalue weighted by Crippen LogP contribution is 2.40. The Balaban J connectivity index is 1.74. The number of nitrogens with one attached hydrogen (secondary N) is 1. The predicted molar refractivity (Wildman–Crippen MR) is 119 cm³/mol. The molecule has 0 spiro atoms. The zero-order chi connectivity index (χ0) is 20.0. The SMILES string of the molecule is Cc1cccc(-c2cncc(-c3nc4c(C)cccc4[nH]3)c2N2CC[C@@H](N)C2)c1. The van der Waals surface area contributed by atoms with E-state index in [1.807, 2.05) is 12.4 Å². The molecular formula is C24H25N5. The van der Waals surface area contributed by atoms with Gasteiger partial charge in [-0.25, -0.2) is 4.98 Å². The van der Waals surface area contributed by atoms with Crippen LogP contribution in [0.3, 0.4) is 0 Å². The molecule has 1 saturated heterocycles. The van der Waals surface area contributed by atoms with Gasteiger partial charge in [0.1, 0.15) is 5.82 Å². The van der Waals surface area contributed by atoms with Crippen molar-refractivity contribution in [2.24, 2.45) is 5.73 Å². The third kappa shape index (κ3) is 3.17. The molecule has 1 aliphatic rings. The molecule has 0 unspecified atom stereocenters. The van der Waals surface area contributed by atoms with Gasteiger partial charge in [-0.1, -0.05) is 42.0 Å². The molecule has 5 nitrogen and oxygen atoms in total. The topological polar surface area (TPSA) is 70.8 Å². The number of hydrogen-bond acceptors (Lipinski definition) is 4. The number of H-pyrrole nitrogens is 1. The Morgan fingerprint density at radius 3 is 2.66 bits per heavy atom. The van der Waals surface area contributed by atoms with Crippen LogP contribution in [-0.4, -0.2) is 34.1 Å². The van der Waals surface area contributed by atoms with E-state index in [0.717, 1.165) is 58.7 Å². The Morgan fingerprint density at radius 1 is 1.07 bits per heavy atom. The highest BCUT2D eigenvalue weighted by atomic mass is 15.2. The summed E-state index contributed by atoms with van der Waals surface area (Å²) < 4.78 is 0.